The summed E-state index contributed by atoms with van der Waals surface area (Å²) in [6.07, 6.45) is 1.83. The number of carboxylic acids is 1. The van der Waals surface area contributed by atoms with Gasteiger partial charge >= 0.3 is 169 Å². The number of hydrogen-bond acceptors (Lipinski definition) is 4. The SMILES string of the molecule is CCCC(NC(=O)c1ccccc1[Se]SC[C@H](N)C(=O)O)c1ccccc1. The zero-order valence-corrected chi connectivity index (χ0v) is 17.7. The van der Waals surface area contributed by atoms with E-state index in [1.54, 1.807) is 0 Å². The number of rotatable bonds is 10. The zero-order valence-electron chi connectivity index (χ0n) is 15.1. The second-order valence-corrected chi connectivity index (χ2v) is 10.2. The fraction of sp³-hybridized carbons (Fsp3) is 0.300. The van der Waals surface area contributed by atoms with Gasteiger partial charge in [0.2, 0.25) is 0 Å². The molecule has 0 fully saturated rings. The Labute approximate surface area is 169 Å². The summed E-state index contributed by atoms with van der Waals surface area (Å²) < 4.78 is 0.938. The van der Waals surface area contributed by atoms with Crippen LogP contribution in [0.3, 0.4) is 0 Å². The third-order valence-electron chi connectivity index (χ3n) is 3.93. The Kier molecular flexibility index (Phi) is 8.88. The van der Waals surface area contributed by atoms with E-state index in [0.29, 0.717) is 11.3 Å². The number of benzene rings is 2. The summed E-state index contributed by atoms with van der Waals surface area (Å²) in [5, 5.41) is 12.0. The molecule has 27 heavy (non-hydrogen) atoms. The summed E-state index contributed by atoms with van der Waals surface area (Å²) in [5.74, 6) is -0.777. The average molecular weight is 451 g/mol. The van der Waals surface area contributed by atoms with Crippen molar-refractivity contribution in [3.8, 4) is 0 Å². The Morgan fingerprint density at radius 2 is 1.81 bits per heavy atom. The van der Waals surface area contributed by atoms with E-state index in [1.165, 1.54) is 10.2 Å². The van der Waals surface area contributed by atoms with Crippen LogP contribution in [-0.4, -0.2) is 42.6 Å². The molecule has 0 aliphatic carbocycles. The van der Waals surface area contributed by atoms with E-state index in [0.717, 1.165) is 22.9 Å². The quantitative estimate of drug-likeness (QED) is 0.483. The molecule has 0 aliphatic heterocycles. The molecule has 7 heteroatoms. The number of nitrogens with one attached hydrogen (secondary N) is 1. The molecule has 0 bridgehead atoms. The van der Waals surface area contributed by atoms with E-state index in [9.17, 15) is 9.59 Å². The molecule has 0 aromatic heterocycles. The van der Waals surface area contributed by atoms with Crippen molar-refractivity contribution in [1.29, 1.82) is 0 Å². The molecule has 0 heterocycles. The Hall–Kier alpha value is -1.79. The zero-order chi connectivity index (χ0) is 19.6. The second kappa shape index (κ2) is 11.1. The van der Waals surface area contributed by atoms with E-state index in [4.69, 9.17) is 10.8 Å². The second-order valence-electron chi connectivity index (χ2n) is 6.03. The topological polar surface area (TPSA) is 92.4 Å². The number of aliphatic carboxylic acids is 1. The molecular weight excluding hydrogens is 427 g/mol. The Morgan fingerprint density at radius 1 is 1.15 bits per heavy atom. The first-order valence-electron chi connectivity index (χ1n) is 8.75. The first-order chi connectivity index (χ1) is 13.0. The molecule has 4 N–H and O–H groups in total. The van der Waals surface area contributed by atoms with Crippen LogP contribution >= 0.6 is 10.2 Å². The van der Waals surface area contributed by atoms with Crippen LogP contribution in [0.15, 0.2) is 54.6 Å². The molecule has 2 rings (SSSR count). The van der Waals surface area contributed by atoms with Crippen molar-refractivity contribution in [2.45, 2.75) is 31.8 Å². The van der Waals surface area contributed by atoms with Crippen LogP contribution in [0.4, 0.5) is 0 Å². The predicted octanol–water partition coefficient (Wildman–Crippen LogP) is 2.35. The van der Waals surface area contributed by atoms with Crippen molar-refractivity contribution >= 4 is 40.4 Å². The van der Waals surface area contributed by atoms with E-state index >= 15 is 0 Å². The van der Waals surface area contributed by atoms with Crippen molar-refractivity contribution < 1.29 is 14.7 Å². The standard InChI is InChI=1S/C20H24N2O3SSe/c1-2-8-17(14-9-4-3-5-10-14)22-19(23)15-11-6-7-12-18(15)27-26-13-16(21)20(24)25/h3-7,9-12,16-17H,2,8,13,21H2,1H3,(H,22,23)(H,24,25)/t16-,17?/m0/s1. The number of carbonyl (C=O) groups excluding carboxylic acids is 1. The molecule has 0 aliphatic rings. The van der Waals surface area contributed by atoms with Gasteiger partial charge in [-0.05, 0) is 0 Å². The van der Waals surface area contributed by atoms with Gasteiger partial charge < -0.3 is 0 Å². The first kappa shape index (κ1) is 21.5. The molecule has 1 amide bonds. The third-order valence-corrected chi connectivity index (χ3v) is 8.20. The van der Waals surface area contributed by atoms with Crippen molar-refractivity contribution in [2.75, 3.05) is 5.75 Å². The average Bonchev–Trinajstić information content (AvgIpc) is 2.68. The summed E-state index contributed by atoms with van der Waals surface area (Å²) in [6, 6.07) is 16.5. The molecule has 2 atom stereocenters. The monoisotopic (exact) mass is 452 g/mol. The molecule has 0 radical (unpaired) electrons. The van der Waals surface area contributed by atoms with Crippen LogP contribution < -0.4 is 15.5 Å². The number of carboxylic acid groups (broad SMARTS) is 1. The van der Waals surface area contributed by atoms with E-state index in [2.05, 4.69) is 12.2 Å². The summed E-state index contributed by atoms with van der Waals surface area (Å²) in [5.41, 5.74) is 7.29. The van der Waals surface area contributed by atoms with E-state index < -0.39 is 12.0 Å². The van der Waals surface area contributed by atoms with Crippen LogP contribution in [0.2, 0.25) is 0 Å². The summed E-state index contributed by atoms with van der Waals surface area (Å²) in [4.78, 5) is 23.7. The molecule has 0 saturated carbocycles. The number of amides is 1. The van der Waals surface area contributed by atoms with Crippen LogP contribution in [-0.2, 0) is 4.79 Å². The number of carbonyl (C=O) groups is 2. The molecule has 5 nitrogen and oxygen atoms in total. The molecular formula is C20H24N2O3SSe. The van der Waals surface area contributed by atoms with Gasteiger partial charge in [0, 0.05) is 0 Å². The Bertz CT molecular complexity index is 758. The Balaban J connectivity index is 2.07. The molecule has 2 aromatic carbocycles. The predicted molar refractivity (Wildman–Crippen MR) is 111 cm³/mol. The van der Waals surface area contributed by atoms with Gasteiger partial charge in [-0.3, -0.25) is 0 Å². The van der Waals surface area contributed by atoms with Gasteiger partial charge in [-0.25, -0.2) is 0 Å². The van der Waals surface area contributed by atoms with Crippen LogP contribution in [0, 0.1) is 0 Å². The van der Waals surface area contributed by atoms with Gasteiger partial charge in [-0.15, -0.1) is 0 Å². The molecule has 0 spiro atoms. The Morgan fingerprint density at radius 3 is 2.48 bits per heavy atom. The first-order valence-corrected chi connectivity index (χ1v) is 12.6. The minimum atomic E-state index is -1.01. The van der Waals surface area contributed by atoms with E-state index in [1.807, 2.05) is 54.6 Å². The van der Waals surface area contributed by atoms with Gasteiger partial charge in [-0.2, -0.15) is 0 Å². The van der Waals surface area contributed by atoms with Crippen molar-refractivity contribution in [3.63, 3.8) is 0 Å². The fourth-order valence-corrected chi connectivity index (χ4v) is 6.70. The molecule has 0 saturated heterocycles. The van der Waals surface area contributed by atoms with Gasteiger partial charge in [0.15, 0.2) is 0 Å². The normalized spacial score (nSPS) is 13.0. The van der Waals surface area contributed by atoms with Gasteiger partial charge in [0.25, 0.3) is 0 Å². The van der Waals surface area contributed by atoms with Crippen LogP contribution in [0.1, 0.15) is 41.7 Å². The van der Waals surface area contributed by atoms with Crippen molar-refractivity contribution in [1.82, 2.24) is 5.32 Å². The van der Waals surface area contributed by atoms with E-state index in [-0.39, 0.29) is 25.8 Å². The summed E-state index contributed by atoms with van der Waals surface area (Å²) in [6.45, 7) is 2.10. The minimum absolute atomic E-state index is 0.0302. The van der Waals surface area contributed by atoms with Gasteiger partial charge in [0.05, 0.1) is 0 Å². The maximum atomic E-state index is 12.9. The van der Waals surface area contributed by atoms with Crippen LogP contribution in [0.5, 0.6) is 0 Å². The van der Waals surface area contributed by atoms with Crippen LogP contribution in [0.25, 0.3) is 0 Å². The summed E-state index contributed by atoms with van der Waals surface area (Å²) >= 11 is -0.0893. The maximum absolute atomic E-state index is 12.9. The molecule has 144 valence electrons. The van der Waals surface area contributed by atoms with Gasteiger partial charge in [0.1, 0.15) is 0 Å². The number of hydrogen-bond donors (Lipinski definition) is 3. The fourth-order valence-electron chi connectivity index (χ4n) is 2.50. The van der Waals surface area contributed by atoms with Gasteiger partial charge in [-0.1, -0.05) is 0 Å². The molecule has 1 unspecified atom stereocenters. The van der Waals surface area contributed by atoms with Crippen molar-refractivity contribution in [3.05, 3.63) is 65.7 Å². The third kappa shape index (κ3) is 6.70. The molecule has 2 aromatic rings. The summed E-state index contributed by atoms with van der Waals surface area (Å²) in [7, 11) is 1.48. The van der Waals surface area contributed by atoms with Crippen molar-refractivity contribution in [2.24, 2.45) is 5.73 Å². The number of nitrogens with two attached hydrogens (primary N) is 1.